The summed E-state index contributed by atoms with van der Waals surface area (Å²) in [5, 5.41) is 10.5. The van der Waals surface area contributed by atoms with Crippen LogP contribution in [0.3, 0.4) is 0 Å². The van der Waals surface area contributed by atoms with Crippen LogP contribution in [-0.2, 0) is 4.74 Å². The molecule has 1 aliphatic heterocycles. The molecule has 2 atom stereocenters. The number of carbonyl (C=O) groups is 1. The molecule has 0 aliphatic carbocycles. The van der Waals surface area contributed by atoms with E-state index in [0.717, 1.165) is 0 Å². The van der Waals surface area contributed by atoms with Gasteiger partial charge in [0.25, 0.3) is 0 Å². The zero-order chi connectivity index (χ0) is 14.1. The lowest BCUT2D eigenvalue weighted by molar-refractivity contribution is -0.00256. The fourth-order valence-electron chi connectivity index (χ4n) is 2.19. The fraction of sp³-hybridized carbons (Fsp3) is 0.923. The molecular formula is C13H26N2O3. The van der Waals surface area contributed by atoms with E-state index in [1.165, 1.54) is 4.90 Å². The van der Waals surface area contributed by atoms with Crippen molar-refractivity contribution in [2.45, 2.75) is 58.3 Å². The molecule has 1 aliphatic rings. The molecular weight excluding hydrogens is 232 g/mol. The molecule has 2 unspecified atom stereocenters. The van der Waals surface area contributed by atoms with Crippen molar-refractivity contribution >= 4 is 6.09 Å². The summed E-state index contributed by atoms with van der Waals surface area (Å²) in [5.41, 5.74) is 4.51. The minimum Gasteiger partial charge on any atom is -0.444 e. The molecule has 0 bridgehead atoms. The van der Waals surface area contributed by atoms with Gasteiger partial charge in [-0.1, -0.05) is 13.8 Å². The number of likely N-dealkylation sites (tertiary alicyclic amines) is 1. The second-order valence-corrected chi connectivity index (χ2v) is 6.53. The summed E-state index contributed by atoms with van der Waals surface area (Å²) in [7, 11) is 0. The first-order valence-electron chi connectivity index (χ1n) is 6.51. The number of hydrogen-bond acceptors (Lipinski definition) is 4. The highest BCUT2D eigenvalue weighted by Gasteiger charge is 2.44. The molecule has 1 heterocycles. The first-order chi connectivity index (χ1) is 8.05. The molecule has 0 radical (unpaired) electrons. The summed E-state index contributed by atoms with van der Waals surface area (Å²) in [6, 6.07) is -0.329. The predicted molar refractivity (Wildman–Crippen MR) is 70.2 cm³/mol. The third-order valence-electron chi connectivity index (χ3n) is 3.27. The van der Waals surface area contributed by atoms with Crippen molar-refractivity contribution in [2.24, 2.45) is 11.7 Å². The highest BCUT2D eigenvalue weighted by molar-refractivity contribution is 5.68. The van der Waals surface area contributed by atoms with E-state index in [-0.39, 0.29) is 24.6 Å². The molecule has 1 saturated heterocycles. The van der Waals surface area contributed by atoms with Gasteiger partial charge >= 0.3 is 6.09 Å². The summed E-state index contributed by atoms with van der Waals surface area (Å²) >= 11 is 0. The average molecular weight is 258 g/mol. The van der Waals surface area contributed by atoms with Crippen molar-refractivity contribution in [3.8, 4) is 0 Å². The van der Waals surface area contributed by atoms with Gasteiger partial charge in [-0.05, 0) is 33.1 Å². The van der Waals surface area contributed by atoms with Crippen molar-refractivity contribution in [1.29, 1.82) is 0 Å². The van der Waals surface area contributed by atoms with Crippen molar-refractivity contribution in [1.82, 2.24) is 4.90 Å². The maximum absolute atomic E-state index is 11.9. The second-order valence-electron chi connectivity index (χ2n) is 6.53. The first-order valence-corrected chi connectivity index (χ1v) is 6.51. The molecule has 3 N–H and O–H groups in total. The van der Waals surface area contributed by atoms with Gasteiger partial charge in [0.2, 0.25) is 0 Å². The van der Waals surface area contributed by atoms with Crippen LogP contribution < -0.4 is 5.73 Å². The van der Waals surface area contributed by atoms with Gasteiger partial charge in [0.15, 0.2) is 0 Å². The zero-order valence-electron chi connectivity index (χ0n) is 12.1. The standard InChI is InChI=1S/C13H26N2O3/c1-9(2)10(14)13(17)6-7-15(8-13)11(16)18-12(3,4)5/h9-10,17H,6-8,14H2,1-5H3. The number of carbonyl (C=O) groups excluding carboxylic acids is 1. The van der Waals surface area contributed by atoms with Gasteiger partial charge in [0, 0.05) is 12.6 Å². The fourth-order valence-corrected chi connectivity index (χ4v) is 2.19. The first kappa shape index (κ1) is 15.2. The lowest BCUT2D eigenvalue weighted by Crippen LogP contribution is -2.53. The van der Waals surface area contributed by atoms with E-state index in [1.807, 2.05) is 34.6 Å². The number of ether oxygens (including phenoxy) is 1. The van der Waals surface area contributed by atoms with Crippen LogP contribution >= 0.6 is 0 Å². The number of nitrogens with zero attached hydrogens (tertiary/aromatic N) is 1. The van der Waals surface area contributed by atoms with Gasteiger partial charge in [-0.3, -0.25) is 0 Å². The van der Waals surface area contributed by atoms with Gasteiger partial charge in [-0.25, -0.2) is 4.79 Å². The molecule has 0 aromatic carbocycles. The van der Waals surface area contributed by atoms with Gasteiger partial charge in [0.05, 0.1) is 12.1 Å². The average Bonchev–Trinajstić information content (AvgIpc) is 2.58. The lowest BCUT2D eigenvalue weighted by atomic mass is 9.86. The van der Waals surface area contributed by atoms with E-state index >= 15 is 0 Å². The van der Waals surface area contributed by atoms with Gasteiger partial charge in [-0.15, -0.1) is 0 Å². The molecule has 18 heavy (non-hydrogen) atoms. The van der Waals surface area contributed by atoms with Crippen molar-refractivity contribution in [2.75, 3.05) is 13.1 Å². The quantitative estimate of drug-likeness (QED) is 0.783. The Morgan fingerprint density at radius 1 is 1.44 bits per heavy atom. The Hall–Kier alpha value is -0.810. The Kier molecular flexibility index (Phi) is 4.28. The van der Waals surface area contributed by atoms with E-state index < -0.39 is 11.2 Å². The molecule has 1 amide bonds. The molecule has 0 spiro atoms. The highest BCUT2D eigenvalue weighted by atomic mass is 16.6. The normalized spacial score (nSPS) is 26.6. The summed E-state index contributed by atoms with van der Waals surface area (Å²) in [6.45, 7) is 10.2. The van der Waals surface area contributed by atoms with E-state index in [4.69, 9.17) is 10.5 Å². The molecule has 0 aromatic rings. The van der Waals surface area contributed by atoms with Gasteiger partial charge < -0.3 is 20.5 Å². The highest BCUT2D eigenvalue weighted by Crippen LogP contribution is 2.28. The van der Waals surface area contributed by atoms with Crippen LogP contribution in [-0.4, -0.2) is 46.4 Å². The van der Waals surface area contributed by atoms with E-state index in [9.17, 15) is 9.90 Å². The number of aliphatic hydroxyl groups is 1. The third-order valence-corrected chi connectivity index (χ3v) is 3.27. The van der Waals surface area contributed by atoms with Crippen LogP contribution in [0.25, 0.3) is 0 Å². The van der Waals surface area contributed by atoms with Crippen LogP contribution in [0.1, 0.15) is 41.0 Å². The maximum Gasteiger partial charge on any atom is 0.410 e. The second kappa shape index (κ2) is 5.05. The SMILES string of the molecule is CC(C)C(N)C1(O)CCN(C(=O)OC(C)(C)C)C1. The minimum absolute atomic E-state index is 0.175. The number of nitrogens with two attached hydrogens (primary N) is 1. The molecule has 5 nitrogen and oxygen atoms in total. The number of amides is 1. The number of hydrogen-bond donors (Lipinski definition) is 2. The molecule has 1 fully saturated rings. The minimum atomic E-state index is -0.995. The Balaban J connectivity index is 2.63. The van der Waals surface area contributed by atoms with E-state index in [0.29, 0.717) is 13.0 Å². The van der Waals surface area contributed by atoms with E-state index in [2.05, 4.69) is 0 Å². The van der Waals surface area contributed by atoms with Gasteiger partial charge in [-0.2, -0.15) is 0 Å². The Bertz CT molecular complexity index is 312. The van der Waals surface area contributed by atoms with Gasteiger partial charge in [0.1, 0.15) is 5.60 Å². The smallest absolute Gasteiger partial charge is 0.410 e. The largest absolute Gasteiger partial charge is 0.444 e. The topological polar surface area (TPSA) is 75.8 Å². The molecule has 106 valence electrons. The van der Waals surface area contributed by atoms with Crippen LogP contribution in [0, 0.1) is 5.92 Å². The Morgan fingerprint density at radius 3 is 2.44 bits per heavy atom. The third kappa shape index (κ3) is 3.59. The molecule has 0 saturated carbocycles. The summed E-state index contributed by atoms with van der Waals surface area (Å²) < 4.78 is 5.29. The Labute approximate surface area is 109 Å². The van der Waals surface area contributed by atoms with Crippen LogP contribution in [0.2, 0.25) is 0 Å². The van der Waals surface area contributed by atoms with Crippen molar-refractivity contribution in [3.05, 3.63) is 0 Å². The van der Waals surface area contributed by atoms with Crippen LogP contribution in [0.4, 0.5) is 4.79 Å². The molecule has 5 heteroatoms. The number of β-amino-alcohol motifs (C(OH)–C–C–N with tert-alkyl or cyclic N) is 1. The Morgan fingerprint density at radius 2 is 2.00 bits per heavy atom. The number of rotatable bonds is 2. The van der Waals surface area contributed by atoms with Crippen molar-refractivity contribution in [3.63, 3.8) is 0 Å². The van der Waals surface area contributed by atoms with Crippen molar-refractivity contribution < 1.29 is 14.6 Å². The maximum atomic E-state index is 11.9. The zero-order valence-corrected chi connectivity index (χ0v) is 12.1. The van der Waals surface area contributed by atoms with Crippen LogP contribution in [0.15, 0.2) is 0 Å². The summed E-state index contributed by atoms with van der Waals surface area (Å²) in [4.78, 5) is 13.4. The molecule has 1 rings (SSSR count). The monoisotopic (exact) mass is 258 g/mol. The summed E-state index contributed by atoms with van der Waals surface area (Å²) in [5.74, 6) is 0.175. The predicted octanol–water partition coefficient (Wildman–Crippen LogP) is 1.34. The lowest BCUT2D eigenvalue weighted by Gasteiger charge is -2.32. The molecule has 0 aromatic heterocycles. The van der Waals surface area contributed by atoms with Crippen LogP contribution in [0.5, 0.6) is 0 Å². The van der Waals surface area contributed by atoms with E-state index in [1.54, 1.807) is 0 Å². The summed E-state index contributed by atoms with van der Waals surface area (Å²) in [6.07, 6.45) is 0.125.